The molecule has 2 nitrogen and oxygen atoms in total. The fourth-order valence-corrected chi connectivity index (χ4v) is 4.18. The molecule has 1 aliphatic carbocycles. The second-order valence-electron chi connectivity index (χ2n) is 4.80. The first kappa shape index (κ1) is 15.6. The van der Waals surface area contributed by atoms with Crippen LogP contribution in [-0.2, 0) is 9.53 Å². The van der Waals surface area contributed by atoms with Crippen molar-refractivity contribution in [2.45, 2.75) is 42.8 Å². The molecule has 1 aromatic carbocycles. The highest BCUT2D eigenvalue weighted by Crippen LogP contribution is 2.38. The van der Waals surface area contributed by atoms with Crippen LogP contribution in [0.3, 0.4) is 0 Å². The number of carbonyl (C=O) groups is 1. The Balaban J connectivity index is 1.99. The summed E-state index contributed by atoms with van der Waals surface area (Å²) in [6.45, 7) is 2.21. The van der Waals surface area contributed by atoms with E-state index < -0.39 is 0 Å². The molecule has 2 rings (SSSR count). The number of carbonyl (C=O) groups excluding carboxylic acids is 1. The fourth-order valence-electron chi connectivity index (χ4n) is 2.26. The average molecular weight is 355 g/mol. The second kappa shape index (κ2) is 7.89. The van der Waals surface area contributed by atoms with Gasteiger partial charge in [0, 0.05) is 20.7 Å². The lowest BCUT2D eigenvalue weighted by Gasteiger charge is -2.10. The van der Waals surface area contributed by atoms with Crippen LogP contribution in [0.1, 0.15) is 38.2 Å². The van der Waals surface area contributed by atoms with Crippen LogP contribution < -0.4 is 0 Å². The molecule has 4 heteroatoms. The molecule has 20 heavy (non-hydrogen) atoms. The maximum Gasteiger partial charge on any atom is 0.330 e. The largest absolute Gasteiger partial charge is 0.463 e. The van der Waals surface area contributed by atoms with E-state index in [4.69, 9.17) is 4.74 Å². The van der Waals surface area contributed by atoms with Crippen LogP contribution in [0.2, 0.25) is 0 Å². The third-order valence-corrected chi connectivity index (χ3v) is 5.58. The van der Waals surface area contributed by atoms with Gasteiger partial charge in [0.2, 0.25) is 0 Å². The van der Waals surface area contributed by atoms with Crippen molar-refractivity contribution < 1.29 is 9.53 Å². The van der Waals surface area contributed by atoms with Crippen LogP contribution in [-0.4, -0.2) is 17.8 Å². The van der Waals surface area contributed by atoms with E-state index in [9.17, 15) is 4.79 Å². The van der Waals surface area contributed by atoms with E-state index in [-0.39, 0.29) is 5.97 Å². The number of thioether (sulfide) groups is 1. The minimum atomic E-state index is -0.298. The van der Waals surface area contributed by atoms with Gasteiger partial charge < -0.3 is 4.74 Å². The topological polar surface area (TPSA) is 26.3 Å². The predicted molar refractivity (Wildman–Crippen MR) is 87.9 cm³/mol. The third kappa shape index (κ3) is 4.67. The predicted octanol–water partition coefficient (Wildman–Crippen LogP) is 5.06. The quantitative estimate of drug-likeness (QED) is 0.545. The number of esters is 1. The summed E-state index contributed by atoms with van der Waals surface area (Å²) < 4.78 is 5.96. The summed E-state index contributed by atoms with van der Waals surface area (Å²) in [6.07, 6.45) is 8.61. The molecule has 0 N–H and O–H groups in total. The lowest BCUT2D eigenvalue weighted by molar-refractivity contribution is -0.137. The van der Waals surface area contributed by atoms with Gasteiger partial charge in [0.05, 0.1) is 6.61 Å². The van der Waals surface area contributed by atoms with E-state index in [1.54, 1.807) is 13.0 Å². The SMILES string of the molecule is CCOC(=O)C=Cc1ccc(SC2CCCC2)c(Br)c1. The lowest BCUT2D eigenvalue weighted by atomic mass is 10.2. The summed E-state index contributed by atoms with van der Waals surface area (Å²) >= 11 is 5.58. The van der Waals surface area contributed by atoms with E-state index in [1.807, 2.05) is 23.9 Å². The van der Waals surface area contributed by atoms with Crippen LogP contribution in [0, 0.1) is 0 Å². The van der Waals surface area contributed by atoms with E-state index in [0.29, 0.717) is 6.61 Å². The summed E-state index contributed by atoms with van der Waals surface area (Å²) in [5.74, 6) is -0.298. The van der Waals surface area contributed by atoms with E-state index in [1.165, 1.54) is 36.7 Å². The Labute approximate surface area is 133 Å². The van der Waals surface area contributed by atoms with E-state index in [2.05, 4.69) is 22.0 Å². The van der Waals surface area contributed by atoms with Crippen LogP contribution in [0.4, 0.5) is 0 Å². The molecule has 0 aromatic heterocycles. The molecule has 0 unspecified atom stereocenters. The number of halogens is 1. The Morgan fingerprint density at radius 3 is 2.85 bits per heavy atom. The Hall–Kier alpha value is -0.740. The van der Waals surface area contributed by atoms with Gasteiger partial charge in [-0.05, 0) is 59.5 Å². The summed E-state index contributed by atoms with van der Waals surface area (Å²) in [5, 5.41) is 0.757. The highest BCUT2D eigenvalue weighted by molar-refractivity contribution is 9.10. The number of benzene rings is 1. The first-order valence-electron chi connectivity index (χ1n) is 7.00. The van der Waals surface area contributed by atoms with Gasteiger partial charge in [0.25, 0.3) is 0 Å². The number of ether oxygens (including phenoxy) is 1. The molecule has 108 valence electrons. The molecule has 1 aliphatic rings. The first-order valence-corrected chi connectivity index (χ1v) is 8.67. The minimum Gasteiger partial charge on any atom is -0.463 e. The molecule has 1 fully saturated rings. The summed E-state index contributed by atoms with van der Waals surface area (Å²) in [5.41, 5.74) is 1.00. The zero-order chi connectivity index (χ0) is 14.4. The smallest absolute Gasteiger partial charge is 0.330 e. The molecule has 0 amide bonds. The van der Waals surface area contributed by atoms with Crippen molar-refractivity contribution in [2.24, 2.45) is 0 Å². The normalized spacial score (nSPS) is 15.9. The molecule has 1 aromatic rings. The lowest BCUT2D eigenvalue weighted by Crippen LogP contribution is -1.98. The summed E-state index contributed by atoms with van der Waals surface area (Å²) in [4.78, 5) is 12.6. The number of hydrogen-bond donors (Lipinski definition) is 0. The van der Waals surface area contributed by atoms with Gasteiger partial charge in [-0.1, -0.05) is 18.9 Å². The molecule has 0 spiro atoms. The van der Waals surface area contributed by atoms with Crippen molar-refractivity contribution in [1.29, 1.82) is 0 Å². The molecule has 1 saturated carbocycles. The van der Waals surface area contributed by atoms with Gasteiger partial charge in [-0.3, -0.25) is 0 Å². The van der Waals surface area contributed by atoms with E-state index in [0.717, 1.165) is 15.3 Å². The first-order chi connectivity index (χ1) is 9.69. The standard InChI is InChI=1S/C16H19BrO2S/c1-2-19-16(18)10-8-12-7-9-15(14(17)11-12)20-13-5-3-4-6-13/h7-11,13H,2-6H2,1H3. The average Bonchev–Trinajstić information content (AvgIpc) is 2.92. The van der Waals surface area contributed by atoms with Gasteiger partial charge >= 0.3 is 5.97 Å². The highest BCUT2D eigenvalue weighted by atomic mass is 79.9. The molecule has 0 heterocycles. The van der Waals surface area contributed by atoms with Gasteiger partial charge in [-0.15, -0.1) is 11.8 Å². The molecule has 0 radical (unpaired) electrons. The second-order valence-corrected chi connectivity index (χ2v) is 7.00. The molecule has 0 aliphatic heterocycles. The van der Waals surface area contributed by atoms with Crippen molar-refractivity contribution in [3.05, 3.63) is 34.3 Å². The van der Waals surface area contributed by atoms with Crippen molar-refractivity contribution in [1.82, 2.24) is 0 Å². The van der Waals surface area contributed by atoms with Gasteiger partial charge in [0.1, 0.15) is 0 Å². The zero-order valence-electron chi connectivity index (χ0n) is 11.6. The van der Waals surface area contributed by atoms with Crippen LogP contribution in [0.5, 0.6) is 0 Å². The Morgan fingerprint density at radius 1 is 1.45 bits per heavy atom. The number of rotatable bonds is 5. The van der Waals surface area contributed by atoms with Crippen molar-refractivity contribution in [3.8, 4) is 0 Å². The monoisotopic (exact) mass is 354 g/mol. The molecule has 0 bridgehead atoms. The number of hydrogen-bond acceptors (Lipinski definition) is 3. The highest BCUT2D eigenvalue weighted by Gasteiger charge is 2.17. The van der Waals surface area contributed by atoms with E-state index >= 15 is 0 Å². The molecular formula is C16H19BrO2S. The van der Waals surface area contributed by atoms with Gasteiger partial charge in [0.15, 0.2) is 0 Å². The molecule has 0 saturated heterocycles. The molecular weight excluding hydrogens is 336 g/mol. The Bertz CT molecular complexity index is 493. The van der Waals surface area contributed by atoms with Crippen LogP contribution in [0.25, 0.3) is 6.08 Å². The van der Waals surface area contributed by atoms with Gasteiger partial charge in [-0.2, -0.15) is 0 Å². The van der Waals surface area contributed by atoms with Gasteiger partial charge in [-0.25, -0.2) is 4.79 Å². The Morgan fingerprint density at radius 2 is 2.20 bits per heavy atom. The fraction of sp³-hybridized carbons (Fsp3) is 0.438. The summed E-state index contributed by atoms with van der Waals surface area (Å²) in [6, 6.07) is 6.21. The van der Waals surface area contributed by atoms with Crippen LogP contribution in [0.15, 0.2) is 33.6 Å². The maximum absolute atomic E-state index is 11.3. The van der Waals surface area contributed by atoms with Crippen molar-refractivity contribution in [3.63, 3.8) is 0 Å². The van der Waals surface area contributed by atoms with Crippen molar-refractivity contribution in [2.75, 3.05) is 6.61 Å². The van der Waals surface area contributed by atoms with Crippen LogP contribution >= 0.6 is 27.7 Å². The maximum atomic E-state index is 11.3. The van der Waals surface area contributed by atoms with Crippen molar-refractivity contribution >= 4 is 39.7 Å². The zero-order valence-corrected chi connectivity index (χ0v) is 14.0. The minimum absolute atomic E-state index is 0.298. The Kier molecular flexibility index (Phi) is 6.17. The molecule has 0 atom stereocenters. The summed E-state index contributed by atoms with van der Waals surface area (Å²) in [7, 11) is 0. The third-order valence-electron chi connectivity index (χ3n) is 3.25.